The van der Waals surface area contributed by atoms with Gasteiger partial charge in [-0.2, -0.15) is 0 Å². The van der Waals surface area contributed by atoms with Crippen molar-refractivity contribution in [3.05, 3.63) is 24.2 Å². The topological polar surface area (TPSA) is 82.8 Å². The molecule has 1 unspecified atom stereocenters. The van der Waals surface area contributed by atoms with Crippen LogP contribution in [0, 0.1) is 0 Å². The first-order chi connectivity index (χ1) is 9.08. The number of amides is 2. The maximum Gasteiger partial charge on any atom is 0.287 e. The number of piperidine rings is 1. The average Bonchev–Trinajstić information content (AvgIpc) is 2.91. The first kappa shape index (κ1) is 13.6. The molecule has 1 aromatic heterocycles. The van der Waals surface area contributed by atoms with E-state index < -0.39 is 18.1 Å². The summed E-state index contributed by atoms with van der Waals surface area (Å²) in [4.78, 5) is 25.4. The molecule has 19 heavy (non-hydrogen) atoms. The Labute approximate surface area is 111 Å². The summed E-state index contributed by atoms with van der Waals surface area (Å²) in [5, 5.41) is 12.1. The van der Waals surface area contributed by atoms with Crippen molar-refractivity contribution in [3.63, 3.8) is 0 Å². The van der Waals surface area contributed by atoms with Crippen molar-refractivity contribution < 1.29 is 19.1 Å². The highest BCUT2D eigenvalue weighted by Crippen LogP contribution is 2.11. The maximum atomic E-state index is 12.1. The van der Waals surface area contributed by atoms with Crippen LogP contribution >= 0.6 is 0 Å². The third kappa shape index (κ3) is 3.35. The van der Waals surface area contributed by atoms with E-state index in [4.69, 9.17) is 4.42 Å². The molecule has 2 atom stereocenters. The Kier molecular flexibility index (Phi) is 4.21. The summed E-state index contributed by atoms with van der Waals surface area (Å²) in [7, 11) is 0. The number of carbonyl (C=O) groups is 2. The van der Waals surface area contributed by atoms with E-state index in [0.717, 1.165) is 12.8 Å². The number of likely N-dealkylation sites (tertiary alicyclic amines) is 1. The molecule has 0 radical (unpaired) electrons. The second-order valence-corrected chi connectivity index (χ2v) is 4.75. The normalized spacial score (nSPS) is 20.9. The summed E-state index contributed by atoms with van der Waals surface area (Å²) in [5.74, 6) is -0.416. The van der Waals surface area contributed by atoms with Crippen LogP contribution in [-0.4, -0.2) is 47.1 Å². The van der Waals surface area contributed by atoms with Gasteiger partial charge in [0.05, 0.1) is 12.4 Å². The van der Waals surface area contributed by atoms with Gasteiger partial charge < -0.3 is 19.7 Å². The first-order valence-corrected chi connectivity index (χ1v) is 6.39. The van der Waals surface area contributed by atoms with Crippen LogP contribution in [0.4, 0.5) is 0 Å². The number of carbonyl (C=O) groups excluding carboxylic acids is 2. The zero-order chi connectivity index (χ0) is 13.8. The van der Waals surface area contributed by atoms with Crippen LogP contribution in [0.5, 0.6) is 0 Å². The Morgan fingerprint density at radius 1 is 1.58 bits per heavy atom. The molecular weight excluding hydrogens is 248 g/mol. The monoisotopic (exact) mass is 266 g/mol. The summed E-state index contributed by atoms with van der Waals surface area (Å²) < 4.78 is 4.96. The average molecular weight is 266 g/mol. The van der Waals surface area contributed by atoms with Gasteiger partial charge >= 0.3 is 0 Å². The smallest absolute Gasteiger partial charge is 0.287 e. The van der Waals surface area contributed by atoms with Gasteiger partial charge in [-0.15, -0.1) is 0 Å². The fourth-order valence-electron chi connectivity index (χ4n) is 2.17. The van der Waals surface area contributed by atoms with Crippen molar-refractivity contribution in [2.24, 2.45) is 0 Å². The number of rotatable bonds is 3. The molecule has 104 valence electrons. The summed E-state index contributed by atoms with van der Waals surface area (Å²) in [6, 6.07) is 2.52. The number of aliphatic hydroxyl groups excluding tert-OH is 1. The predicted molar refractivity (Wildman–Crippen MR) is 67.5 cm³/mol. The van der Waals surface area contributed by atoms with Crippen LogP contribution in [0.15, 0.2) is 22.8 Å². The minimum absolute atomic E-state index is 0.179. The van der Waals surface area contributed by atoms with E-state index in [-0.39, 0.29) is 11.7 Å². The number of nitrogens with zero attached hydrogens (tertiary/aromatic N) is 1. The molecule has 0 spiro atoms. The van der Waals surface area contributed by atoms with Crippen molar-refractivity contribution in [2.75, 3.05) is 13.1 Å². The molecule has 2 amide bonds. The molecular formula is C13H18N2O4. The second kappa shape index (κ2) is 5.88. The lowest BCUT2D eigenvalue weighted by atomic mass is 10.1. The molecule has 1 aromatic rings. The maximum absolute atomic E-state index is 12.1. The number of hydrogen-bond acceptors (Lipinski definition) is 4. The molecule has 2 N–H and O–H groups in total. The van der Waals surface area contributed by atoms with Gasteiger partial charge in [-0.3, -0.25) is 9.59 Å². The lowest BCUT2D eigenvalue weighted by Crippen LogP contribution is -2.51. The van der Waals surface area contributed by atoms with Crippen LogP contribution < -0.4 is 5.32 Å². The highest BCUT2D eigenvalue weighted by atomic mass is 16.3. The van der Waals surface area contributed by atoms with Gasteiger partial charge in [-0.05, 0) is 31.9 Å². The van der Waals surface area contributed by atoms with Gasteiger partial charge in [-0.1, -0.05) is 0 Å². The summed E-state index contributed by atoms with van der Waals surface area (Å²) in [6.45, 7) is 2.58. The molecule has 0 bridgehead atoms. The summed E-state index contributed by atoms with van der Waals surface area (Å²) >= 11 is 0. The van der Waals surface area contributed by atoms with E-state index >= 15 is 0 Å². The lowest BCUT2D eigenvalue weighted by molar-refractivity contribution is -0.135. The van der Waals surface area contributed by atoms with Gasteiger partial charge in [0.15, 0.2) is 5.76 Å². The van der Waals surface area contributed by atoms with Gasteiger partial charge in [0, 0.05) is 13.1 Å². The van der Waals surface area contributed by atoms with Crippen LogP contribution in [0.2, 0.25) is 0 Å². The molecule has 2 rings (SSSR count). The fourth-order valence-corrected chi connectivity index (χ4v) is 2.17. The third-order valence-corrected chi connectivity index (χ3v) is 3.17. The lowest BCUT2D eigenvalue weighted by Gasteiger charge is -2.32. The standard InChI is InChI=1S/C13H18N2O4/c1-9(14-12(17)11-5-3-7-19-11)13(18)15-6-2-4-10(16)8-15/h3,5,7,9-10,16H,2,4,6,8H2,1H3,(H,14,17)/t9?,10-/m0/s1. The molecule has 0 aromatic carbocycles. The number of nitrogens with one attached hydrogen (secondary N) is 1. The summed E-state index contributed by atoms with van der Waals surface area (Å²) in [5.41, 5.74) is 0. The number of furan rings is 1. The zero-order valence-electron chi connectivity index (χ0n) is 10.8. The molecule has 0 aliphatic carbocycles. The molecule has 1 fully saturated rings. The number of aliphatic hydroxyl groups is 1. The Morgan fingerprint density at radius 3 is 3.00 bits per heavy atom. The van der Waals surface area contributed by atoms with E-state index in [2.05, 4.69) is 5.32 Å². The second-order valence-electron chi connectivity index (χ2n) is 4.75. The van der Waals surface area contributed by atoms with Gasteiger partial charge in [-0.25, -0.2) is 0 Å². The van der Waals surface area contributed by atoms with Gasteiger partial charge in [0.2, 0.25) is 5.91 Å². The zero-order valence-corrected chi connectivity index (χ0v) is 10.8. The summed E-state index contributed by atoms with van der Waals surface area (Å²) in [6.07, 6.45) is 2.44. The Hall–Kier alpha value is -1.82. The minimum Gasteiger partial charge on any atom is -0.459 e. The first-order valence-electron chi connectivity index (χ1n) is 6.39. The molecule has 0 saturated carbocycles. The van der Waals surface area contributed by atoms with Crippen molar-refractivity contribution in [3.8, 4) is 0 Å². The number of β-amino-alcohol motifs (C(OH)–C–C–N with tert-alkyl or cyclic N) is 1. The van der Waals surface area contributed by atoms with Crippen molar-refractivity contribution in [1.82, 2.24) is 10.2 Å². The molecule has 1 saturated heterocycles. The largest absolute Gasteiger partial charge is 0.459 e. The van der Waals surface area contributed by atoms with Crippen molar-refractivity contribution >= 4 is 11.8 Å². The minimum atomic E-state index is -0.636. The molecule has 1 aliphatic heterocycles. The van der Waals surface area contributed by atoms with Crippen LogP contribution in [-0.2, 0) is 4.79 Å². The fraction of sp³-hybridized carbons (Fsp3) is 0.538. The van der Waals surface area contributed by atoms with E-state index in [1.807, 2.05) is 0 Å². The number of hydrogen-bond donors (Lipinski definition) is 2. The SMILES string of the molecule is CC(NC(=O)c1ccco1)C(=O)N1CCC[C@H](O)C1. The van der Waals surface area contributed by atoms with Crippen LogP contribution in [0.25, 0.3) is 0 Å². The van der Waals surface area contributed by atoms with Crippen molar-refractivity contribution in [2.45, 2.75) is 31.9 Å². The van der Waals surface area contributed by atoms with E-state index in [0.29, 0.717) is 13.1 Å². The van der Waals surface area contributed by atoms with Crippen LogP contribution in [0.3, 0.4) is 0 Å². The Morgan fingerprint density at radius 2 is 2.37 bits per heavy atom. The predicted octanol–water partition coefficient (Wildman–Crippen LogP) is 0.381. The molecule has 6 nitrogen and oxygen atoms in total. The van der Waals surface area contributed by atoms with Gasteiger partial charge in [0.25, 0.3) is 5.91 Å². The van der Waals surface area contributed by atoms with Crippen molar-refractivity contribution in [1.29, 1.82) is 0 Å². The quantitative estimate of drug-likeness (QED) is 0.828. The Balaban J connectivity index is 1.90. The van der Waals surface area contributed by atoms with E-state index in [9.17, 15) is 14.7 Å². The molecule has 1 aliphatic rings. The third-order valence-electron chi connectivity index (χ3n) is 3.17. The molecule has 2 heterocycles. The molecule has 6 heteroatoms. The van der Waals surface area contributed by atoms with E-state index in [1.54, 1.807) is 17.9 Å². The highest BCUT2D eigenvalue weighted by molar-refractivity contribution is 5.95. The van der Waals surface area contributed by atoms with E-state index in [1.165, 1.54) is 12.3 Å². The Bertz CT molecular complexity index is 444. The van der Waals surface area contributed by atoms with Crippen LogP contribution in [0.1, 0.15) is 30.3 Å². The van der Waals surface area contributed by atoms with Gasteiger partial charge in [0.1, 0.15) is 6.04 Å². The highest BCUT2D eigenvalue weighted by Gasteiger charge is 2.27.